The Balaban J connectivity index is 2.15. The molecular formula is C5H9NO2S2. The van der Waals surface area contributed by atoms with E-state index < -0.39 is 10.0 Å². The Hall–Kier alpha value is 0.260. The topological polar surface area (TPSA) is 37.4 Å². The highest BCUT2D eigenvalue weighted by Crippen LogP contribution is 2.34. The summed E-state index contributed by atoms with van der Waals surface area (Å²) in [4.78, 5) is 0. The van der Waals surface area contributed by atoms with E-state index in [9.17, 15) is 8.42 Å². The van der Waals surface area contributed by atoms with Gasteiger partial charge in [-0.1, -0.05) is 0 Å². The van der Waals surface area contributed by atoms with Crippen LogP contribution in [0, 0.1) is 0 Å². The zero-order valence-electron chi connectivity index (χ0n) is 5.49. The molecule has 2 aliphatic rings. The molecule has 1 atom stereocenters. The minimum absolute atomic E-state index is 0.291. The van der Waals surface area contributed by atoms with Gasteiger partial charge in [0.2, 0.25) is 10.0 Å². The molecular weight excluding hydrogens is 170 g/mol. The molecule has 2 aliphatic heterocycles. The fraction of sp³-hybridized carbons (Fsp3) is 1.00. The van der Waals surface area contributed by atoms with Gasteiger partial charge < -0.3 is 0 Å². The number of rotatable bonds is 0. The van der Waals surface area contributed by atoms with Crippen LogP contribution < -0.4 is 0 Å². The second-order valence-corrected chi connectivity index (χ2v) is 5.82. The molecule has 0 aromatic heterocycles. The first-order chi connectivity index (χ1) is 4.70. The average Bonchev–Trinajstić information content (AvgIpc) is 1.86. The Kier molecular flexibility index (Phi) is 1.47. The van der Waals surface area contributed by atoms with Gasteiger partial charge in [-0.15, -0.1) is 11.8 Å². The molecule has 2 heterocycles. The third kappa shape index (κ3) is 0.879. The Morgan fingerprint density at radius 3 is 2.80 bits per heavy atom. The van der Waals surface area contributed by atoms with Gasteiger partial charge in [-0.05, 0) is 12.2 Å². The summed E-state index contributed by atoms with van der Waals surface area (Å²) in [6, 6.07) is 0. The van der Waals surface area contributed by atoms with Crippen molar-refractivity contribution in [1.29, 1.82) is 0 Å². The summed E-state index contributed by atoms with van der Waals surface area (Å²) >= 11 is 1.76. The van der Waals surface area contributed by atoms with Crippen molar-refractivity contribution in [3.8, 4) is 0 Å². The van der Waals surface area contributed by atoms with Gasteiger partial charge in [-0.3, -0.25) is 0 Å². The van der Waals surface area contributed by atoms with Gasteiger partial charge in [-0.25, -0.2) is 8.42 Å². The van der Waals surface area contributed by atoms with Gasteiger partial charge in [-0.2, -0.15) is 4.31 Å². The molecule has 0 spiro atoms. The Morgan fingerprint density at radius 1 is 1.50 bits per heavy atom. The van der Waals surface area contributed by atoms with E-state index in [1.165, 1.54) is 0 Å². The SMILES string of the molecule is O=S1(=O)CC2SCCCN21. The lowest BCUT2D eigenvalue weighted by Crippen LogP contribution is -2.56. The average molecular weight is 179 g/mol. The molecule has 0 radical (unpaired) electrons. The number of sulfonamides is 1. The molecule has 0 saturated carbocycles. The van der Waals surface area contributed by atoms with Gasteiger partial charge in [0.25, 0.3) is 0 Å². The van der Waals surface area contributed by atoms with Crippen molar-refractivity contribution in [1.82, 2.24) is 4.31 Å². The van der Waals surface area contributed by atoms with Crippen molar-refractivity contribution in [2.24, 2.45) is 0 Å². The molecule has 0 aromatic carbocycles. The number of fused-ring (bicyclic) bond motifs is 1. The maximum absolute atomic E-state index is 11.0. The molecule has 0 bridgehead atoms. The molecule has 0 aromatic rings. The van der Waals surface area contributed by atoms with Crippen LogP contribution in [0.3, 0.4) is 0 Å². The standard InChI is InChI=1S/C5H9NO2S2/c7-10(8)4-5-6(10)2-1-3-9-5/h5H,1-4H2. The molecule has 2 rings (SSSR count). The first-order valence-corrected chi connectivity index (χ1v) is 5.97. The molecule has 5 heteroatoms. The molecule has 2 saturated heterocycles. The Labute approximate surface area is 64.8 Å². The highest BCUT2D eigenvalue weighted by atomic mass is 32.2. The minimum atomic E-state index is -2.77. The fourth-order valence-electron chi connectivity index (χ4n) is 1.31. The summed E-state index contributed by atoms with van der Waals surface area (Å²) in [6.45, 7) is 0.750. The molecule has 2 fully saturated rings. The lowest BCUT2D eigenvalue weighted by Gasteiger charge is -2.42. The largest absolute Gasteiger partial charge is 0.217 e. The van der Waals surface area contributed by atoms with Crippen LogP contribution >= 0.6 is 11.8 Å². The van der Waals surface area contributed by atoms with Gasteiger partial charge in [0.15, 0.2) is 0 Å². The van der Waals surface area contributed by atoms with Crippen molar-refractivity contribution in [2.75, 3.05) is 18.1 Å². The lowest BCUT2D eigenvalue weighted by molar-refractivity contribution is 0.352. The van der Waals surface area contributed by atoms with Crippen LogP contribution in [-0.2, 0) is 10.0 Å². The quantitative estimate of drug-likeness (QED) is 0.529. The number of hydrogen-bond donors (Lipinski definition) is 0. The predicted molar refractivity (Wildman–Crippen MR) is 41.4 cm³/mol. The molecule has 1 unspecified atom stereocenters. The fourth-order valence-corrected chi connectivity index (χ4v) is 4.94. The lowest BCUT2D eigenvalue weighted by atomic mass is 10.4. The van der Waals surface area contributed by atoms with E-state index in [0.717, 1.165) is 18.7 Å². The van der Waals surface area contributed by atoms with Gasteiger partial charge in [0.05, 0.1) is 11.1 Å². The van der Waals surface area contributed by atoms with Gasteiger partial charge in [0.1, 0.15) is 0 Å². The summed E-state index contributed by atoms with van der Waals surface area (Å²) in [7, 11) is -2.77. The van der Waals surface area contributed by atoms with Crippen LogP contribution in [0.2, 0.25) is 0 Å². The van der Waals surface area contributed by atoms with E-state index in [1.54, 1.807) is 16.1 Å². The zero-order chi connectivity index (χ0) is 7.19. The summed E-state index contributed by atoms with van der Waals surface area (Å²) < 4.78 is 23.5. The van der Waals surface area contributed by atoms with Gasteiger partial charge >= 0.3 is 0 Å². The zero-order valence-corrected chi connectivity index (χ0v) is 7.12. The molecule has 0 aliphatic carbocycles. The van der Waals surface area contributed by atoms with Gasteiger partial charge in [0, 0.05) is 6.54 Å². The summed E-state index contributed by atoms with van der Waals surface area (Å²) in [5.41, 5.74) is 0. The van der Waals surface area contributed by atoms with E-state index in [-0.39, 0.29) is 0 Å². The molecule has 0 N–H and O–H groups in total. The van der Waals surface area contributed by atoms with Crippen LogP contribution in [0.5, 0.6) is 0 Å². The van der Waals surface area contributed by atoms with Crippen molar-refractivity contribution in [3.05, 3.63) is 0 Å². The smallest absolute Gasteiger partial charge is 0.212 e. The third-order valence-electron chi connectivity index (χ3n) is 1.86. The van der Waals surface area contributed by atoms with Crippen LogP contribution in [0.15, 0.2) is 0 Å². The maximum Gasteiger partial charge on any atom is 0.217 e. The second kappa shape index (κ2) is 2.12. The highest BCUT2D eigenvalue weighted by molar-refractivity contribution is 8.03. The van der Waals surface area contributed by atoms with Crippen LogP contribution in [0.1, 0.15) is 6.42 Å². The summed E-state index contributed by atoms with van der Waals surface area (Å²) in [5.74, 6) is 1.49. The predicted octanol–water partition coefficient (Wildman–Crippen LogP) is 0.0948. The second-order valence-electron chi connectivity index (χ2n) is 2.57. The molecule has 10 heavy (non-hydrogen) atoms. The van der Waals surface area contributed by atoms with E-state index in [4.69, 9.17) is 0 Å². The van der Waals surface area contributed by atoms with E-state index in [1.807, 2.05) is 0 Å². The van der Waals surface area contributed by atoms with E-state index in [0.29, 0.717) is 11.1 Å². The van der Waals surface area contributed by atoms with Crippen LogP contribution in [0.25, 0.3) is 0 Å². The van der Waals surface area contributed by atoms with Crippen molar-refractivity contribution in [3.63, 3.8) is 0 Å². The van der Waals surface area contributed by atoms with Crippen molar-refractivity contribution >= 4 is 21.8 Å². The first kappa shape index (κ1) is 6.94. The van der Waals surface area contributed by atoms with E-state index in [2.05, 4.69) is 0 Å². The number of thioether (sulfide) groups is 1. The number of hydrogen-bond acceptors (Lipinski definition) is 3. The minimum Gasteiger partial charge on any atom is -0.212 e. The third-order valence-corrected chi connectivity index (χ3v) is 5.43. The van der Waals surface area contributed by atoms with Crippen LogP contribution in [-0.4, -0.2) is 36.1 Å². The Morgan fingerprint density at radius 2 is 2.30 bits per heavy atom. The molecule has 3 nitrogen and oxygen atoms in total. The monoisotopic (exact) mass is 179 g/mol. The van der Waals surface area contributed by atoms with Crippen molar-refractivity contribution in [2.45, 2.75) is 11.8 Å². The van der Waals surface area contributed by atoms with Crippen molar-refractivity contribution < 1.29 is 8.42 Å². The highest BCUT2D eigenvalue weighted by Gasteiger charge is 2.44. The Bertz CT molecular complexity index is 236. The summed E-state index contributed by atoms with van der Waals surface area (Å²) in [5, 5.41) is 0.291. The maximum atomic E-state index is 11.0. The van der Waals surface area contributed by atoms with Crippen LogP contribution in [0.4, 0.5) is 0 Å². The molecule has 0 amide bonds. The van der Waals surface area contributed by atoms with E-state index >= 15 is 0 Å². The number of nitrogens with zero attached hydrogens (tertiary/aromatic N) is 1. The normalized spacial score (nSPS) is 38.2. The summed E-state index contributed by atoms with van der Waals surface area (Å²) in [6.07, 6.45) is 1.01. The molecule has 58 valence electrons. The first-order valence-electron chi connectivity index (χ1n) is 3.31.